The topological polar surface area (TPSA) is 71.3 Å². The quantitative estimate of drug-likeness (QED) is 0.902. The maximum Gasteiger partial charge on any atom is 0.336 e. The Morgan fingerprint density at radius 3 is 2.50 bits per heavy atom. The number of hydrogen-bond acceptors (Lipinski definition) is 2. The maximum atomic E-state index is 12.1. The van der Waals surface area contributed by atoms with Crippen LogP contribution in [0.25, 0.3) is 0 Å². The second kappa shape index (κ2) is 5.21. The Morgan fingerprint density at radius 2 is 1.95 bits per heavy atom. The van der Waals surface area contributed by atoms with E-state index in [1.807, 2.05) is 6.92 Å². The lowest BCUT2D eigenvalue weighted by molar-refractivity contribution is 0.0695. The Morgan fingerprint density at radius 1 is 1.25 bits per heavy atom. The van der Waals surface area contributed by atoms with E-state index in [9.17, 15) is 9.59 Å². The molecule has 0 bridgehead atoms. The number of aromatic carboxylic acids is 1. The van der Waals surface area contributed by atoms with Crippen LogP contribution in [-0.4, -0.2) is 21.6 Å². The van der Waals surface area contributed by atoms with Crippen molar-refractivity contribution < 1.29 is 14.7 Å². The Hall–Kier alpha value is -2.56. The standard InChI is InChI=1S/C15H16N2O3/c1-9-7-11(8-12(10(9)2)15(19)20)16-14(18)13-5-4-6-17(13)3/h4-8H,1-3H3,(H,16,18)(H,19,20). The molecule has 0 saturated heterocycles. The van der Waals surface area contributed by atoms with E-state index in [1.165, 1.54) is 6.07 Å². The van der Waals surface area contributed by atoms with Gasteiger partial charge in [0.05, 0.1) is 5.56 Å². The SMILES string of the molecule is Cc1cc(NC(=O)c2cccn2C)cc(C(=O)O)c1C. The third-order valence-corrected chi connectivity index (χ3v) is 3.33. The number of anilines is 1. The van der Waals surface area contributed by atoms with E-state index in [1.54, 1.807) is 42.9 Å². The van der Waals surface area contributed by atoms with Crippen molar-refractivity contribution in [3.63, 3.8) is 0 Å². The summed E-state index contributed by atoms with van der Waals surface area (Å²) in [4.78, 5) is 23.3. The van der Waals surface area contributed by atoms with Gasteiger partial charge in [0.1, 0.15) is 5.69 Å². The smallest absolute Gasteiger partial charge is 0.336 e. The zero-order valence-corrected chi connectivity index (χ0v) is 11.6. The van der Waals surface area contributed by atoms with Gasteiger partial charge in [-0.3, -0.25) is 4.79 Å². The highest BCUT2D eigenvalue weighted by molar-refractivity contribution is 6.04. The number of rotatable bonds is 3. The van der Waals surface area contributed by atoms with E-state index >= 15 is 0 Å². The zero-order valence-electron chi connectivity index (χ0n) is 11.6. The van der Waals surface area contributed by atoms with E-state index in [0.29, 0.717) is 16.9 Å². The molecule has 0 aliphatic carbocycles. The molecule has 0 aliphatic heterocycles. The molecule has 0 spiro atoms. The summed E-state index contributed by atoms with van der Waals surface area (Å²) in [5.41, 5.74) is 2.73. The number of hydrogen-bond donors (Lipinski definition) is 2. The van der Waals surface area contributed by atoms with E-state index in [0.717, 1.165) is 5.56 Å². The molecule has 2 N–H and O–H groups in total. The molecule has 2 rings (SSSR count). The van der Waals surface area contributed by atoms with Crippen LogP contribution in [0.1, 0.15) is 32.0 Å². The van der Waals surface area contributed by atoms with Crippen molar-refractivity contribution in [3.05, 3.63) is 52.8 Å². The number of amides is 1. The minimum absolute atomic E-state index is 0.201. The number of aromatic nitrogens is 1. The van der Waals surface area contributed by atoms with Crippen molar-refractivity contribution in [2.45, 2.75) is 13.8 Å². The molecular weight excluding hydrogens is 256 g/mol. The monoisotopic (exact) mass is 272 g/mol. The number of nitrogens with zero attached hydrogens (tertiary/aromatic N) is 1. The predicted octanol–water partition coefficient (Wildman–Crippen LogP) is 2.59. The Labute approximate surface area is 116 Å². The van der Waals surface area contributed by atoms with Crippen molar-refractivity contribution in [1.82, 2.24) is 4.57 Å². The van der Waals surface area contributed by atoms with Crippen LogP contribution in [0.3, 0.4) is 0 Å². The summed E-state index contributed by atoms with van der Waals surface area (Å²) in [6.07, 6.45) is 1.78. The average molecular weight is 272 g/mol. The number of carboxylic acid groups (broad SMARTS) is 1. The summed E-state index contributed by atoms with van der Waals surface area (Å²) in [7, 11) is 1.78. The highest BCUT2D eigenvalue weighted by Crippen LogP contribution is 2.20. The number of carbonyl (C=O) groups excluding carboxylic acids is 1. The minimum atomic E-state index is -0.999. The molecule has 1 amide bonds. The van der Waals surface area contributed by atoms with Gasteiger partial charge in [0, 0.05) is 18.9 Å². The molecule has 0 radical (unpaired) electrons. The molecule has 1 heterocycles. The normalized spacial score (nSPS) is 10.3. The van der Waals surface area contributed by atoms with Gasteiger partial charge in [-0.05, 0) is 49.2 Å². The minimum Gasteiger partial charge on any atom is -0.478 e. The number of aryl methyl sites for hydroxylation is 2. The second-order valence-corrected chi connectivity index (χ2v) is 4.73. The Bertz CT molecular complexity index is 686. The first-order valence-electron chi connectivity index (χ1n) is 6.17. The lowest BCUT2D eigenvalue weighted by Gasteiger charge is -2.11. The van der Waals surface area contributed by atoms with Crippen molar-refractivity contribution in [1.29, 1.82) is 0 Å². The van der Waals surface area contributed by atoms with Crippen molar-refractivity contribution in [2.24, 2.45) is 7.05 Å². The summed E-state index contributed by atoms with van der Waals surface area (Å²) >= 11 is 0. The maximum absolute atomic E-state index is 12.1. The van der Waals surface area contributed by atoms with E-state index in [4.69, 9.17) is 5.11 Å². The van der Waals surface area contributed by atoms with Crippen LogP contribution in [0.4, 0.5) is 5.69 Å². The molecule has 0 saturated carbocycles. The predicted molar refractivity (Wildman–Crippen MR) is 76.2 cm³/mol. The summed E-state index contributed by atoms with van der Waals surface area (Å²) in [6, 6.07) is 6.72. The van der Waals surface area contributed by atoms with E-state index in [2.05, 4.69) is 5.32 Å². The van der Waals surface area contributed by atoms with Gasteiger partial charge in [-0.25, -0.2) is 4.79 Å². The first-order chi connectivity index (χ1) is 9.40. The van der Waals surface area contributed by atoms with Crippen LogP contribution in [0.2, 0.25) is 0 Å². The van der Waals surface area contributed by atoms with Gasteiger partial charge in [0.15, 0.2) is 0 Å². The molecule has 104 valence electrons. The molecule has 2 aromatic rings. The lowest BCUT2D eigenvalue weighted by Crippen LogP contribution is -2.16. The van der Waals surface area contributed by atoms with Gasteiger partial charge in [0.25, 0.3) is 5.91 Å². The molecule has 0 atom stereocenters. The Balaban J connectivity index is 2.33. The highest BCUT2D eigenvalue weighted by atomic mass is 16.4. The fourth-order valence-electron chi connectivity index (χ4n) is 2.05. The summed E-state index contributed by atoms with van der Waals surface area (Å²) in [5.74, 6) is -1.27. The van der Waals surface area contributed by atoms with Crippen molar-refractivity contribution in [2.75, 3.05) is 5.32 Å². The van der Waals surface area contributed by atoms with Crippen LogP contribution in [0.5, 0.6) is 0 Å². The van der Waals surface area contributed by atoms with E-state index < -0.39 is 5.97 Å². The molecule has 0 aliphatic rings. The number of benzene rings is 1. The van der Waals surface area contributed by atoms with Crippen LogP contribution < -0.4 is 5.32 Å². The van der Waals surface area contributed by atoms with Crippen LogP contribution >= 0.6 is 0 Å². The lowest BCUT2D eigenvalue weighted by atomic mass is 10.0. The fourth-order valence-corrected chi connectivity index (χ4v) is 2.05. The first kappa shape index (κ1) is 13.9. The first-order valence-corrected chi connectivity index (χ1v) is 6.17. The third-order valence-electron chi connectivity index (χ3n) is 3.33. The van der Waals surface area contributed by atoms with Gasteiger partial charge in [0.2, 0.25) is 0 Å². The summed E-state index contributed by atoms with van der Waals surface area (Å²) in [5, 5.41) is 11.9. The van der Waals surface area contributed by atoms with Crippen molar-refractivity contribution >= 4 is 17.6 Å². The second-order valence-electron chi connectivity index (χ2n) is 4.73. The molecule has 0 unspecified atom stereocenters. The summed E-state index contributed by atoms with van der Waals surface area (Å²) < 4.78 is 1.70. The zero-order chi connectivity index (χ0) is 14.9. The van der Waals surface area contributed by atoms with Gasteiger partial charge in [-0.1, -0.05) is 0 Å². The summed E-state index contributed by atoms with van der Waals surface area (Å²) in [6.45, 7) is 3.57. The van der Waals surface area contributed by atoms with Crippen LogP contribution in [0, 0.1) is 13.8 Å². The van der Waals surface area contributed by atoms with Crippen LogP contribution in [0.15, 0.2) is 30.5 Å². The Kier molecular flexibility index (Phi) is 3.61. The van der Waals surface area contributed by atoms with Gasteiger partial charge >= 0.3 is 5.97 Å². The molecule has 5 nitrogen and oxygen atoms in total. The number of carbonyl (C=O) groups is 2. The molecule has 1 aromatic heterocycles. The third kappa shape index (κ3) is 2.56. The highest BCUT2D eigenvalue weighted by Gasteiger charge is 2.14. The van der Waals surface area contributed by atoms with E-state index in [-0.39, 0.29) is 11.5 Å². The van der Waals surface area contributed by atoms with Crippen LogP contribution in [-0.2, 0) is 7.05 Å². The molecular formula is C15H16N2O3. The molecule has 5 heteroatoms. The van der Waals surface area contributed by atoms with Gasteiger partial charge in [-0.2, -0.15) is 0 Å². The average Bonchev–Trinajstić information content (AvgIpc) is 2.79. The van der Waals surface area contributed by atoms with Gasteiger partial charge < -0.3 is 15.0 Å². The molecule has 0 fully saturated rings. The number of carboxylic acids is 1. The largest absolute Gasteiger partial charge is 0.478 e. The molecule has 1 aromatic carbocycles. The fraction of sp³-hybridized carbons (Fsp3) is 0.200. The van der Waals surface area contributed by atoms with Crippen molar-refractivity contribution in [3.8, 4) is 0 Å². The van der Waals surface area contributed by atoms with Gasteiger partial charge in [-0.15, -0.1) is 0 Å². The number of nitrogens with one attached hydrogen (secondary N) is 1. The molecule has 20 heavy (non-hydrogen) atoms.